The predicted molar refractivity (Wildman–Crippen MR) is 249 cm³/mol. The molecular weight excluding hydrogens is 755 g/mol. The molecule has 356 valence electrons. The molecule has 9 heteroatoms. The number of carbonyl (C=O) groups is 1. The number of nitrogens with one attached hydrogen (secondary N) is 1. The van der Waals surface area contributed by atoms with Gasteiger partial charge in [-0.15, -0.1) is 0 Å². The van der Waals surface area contributed by atoms with Crippen molar-refractivity contribution in [2.24, 2.45) is 0 Å². The standard InChI is InChI=1S/C51H99NO8/c1-3-5-7-9-11-13-15-17-19-21-22-23-24-25-27-29-31-33-35-37-39-41-47(55)52-44(43-59-51-50(58)49(57)48(56)46(42-53)60-51)45(54)40-38-36-34-32-30-28-26-20-18-16-14-12-10-8-6-4-2/h38,40,44-46,48-51,53-54,56-58H,3-37,39,41-43H2,1-2H3,(H,52,55)/b40-38+/t44-,45+,46-,48-,49?,50?,51-/m0/s1. The van der Waals surface area contributed by atoms with Crippen LogP contribution < -0.4 is 5.32 Å². The largest absolute Gasteiger partial charge is 0.394 e. The van der Waals surface area contributed by atoms with Crippen LogP contribution in [0.1, 0.15) is 251 Å². The monoisotopic (exact) mass is 854 g/mol. The van der Waals surface area contributed by atoms with E-state index < -0.39 is 49.5 Å². The van der Waals surface area contributed by atoms with Gasteiger partial charge in [0, 0.05) is 6.42 Å². The Kier molecular flexibility index (Phi) is 39.8. The fourth-order valence-corrected chi connectivity index (χ4v) is 8.45. The Bertz CT molecular complexity index is 950. The summed E-state index contributed by atoms with van der Waals surface area (Å²) in [5, 5.41) is 54.3. The zero-order chi connectivity index (χ0) is 43.7. The van der Waals surface area contributed by atoms with Crippen LogP contribution in [0, 0.1) is 0 Å². The normalized spacial score (nSPS) is 20.6. The number of ether oxygens (including phenoxy) is 2. The number of allylic oxidation sites excluding steroid dienone is 1. The number of aliphatic hydroxyl groups is 5. The Hall–Kier alpha value is -1.07. The lowest BCUT2D eigenvalue weighted by molar-refractivity contribution is -0.302. The van der Waals surface area contributed by atoms with Gasteiger partial charge in [-0.3, -0.25) is 4.79 Å². The van der Waals surface area contributed by atoms with Gasteiger partial charge in [0.2, 0.25) is 5.91 Å². The molecule has 1 fully saturated rings. The van der Waals surface area contributed by atoms with Gasteiger partial charge in [0.1, 0.15) is 24.4 Å². The Labute approximate surface area is 369 Å². The van der Waals surface area contributed by atoms with Crippen molar-refractivity contribution in [3.8, 4) is 0 Å². The summed E-state index contributed by atoms with van der Waals surface area (Å²) >= 11 is 0. The van der Waals surface area contributed by atoms with Crippen molar-refractivity contribution in [3.05, 3.63) is 12.2 Å². The van der Waals surface area contributed by atoms with Gasteiger partial charge >= 0.3 is 0 Å². The van der Waals surface area contributed by atoms with E-state index in [1.54, 1.807) is 6.08 Å². The number of aliphatic hydroxyl groups excluding tert-OH is 5. The van der Waals surface area contributed by atoms with Crippen LogP contribution in [0.3, 0.4) is 0 Å². The molecule has 0 radical (unpaired) electrons. The van der Waals surface area contributed by atoms with E-state index in [4.69, 9.17) is 9.47 Å². The second-order valence-corrected chi connectivity index (χ2v) is 18.3. The van der Waals surface area contributed by atoms with Crippen LogP contribution in [-0.2, 0) is 14.3 Å². The van der Waals surface area contributed by atoms with Gasteiger partial charge in [0.25, 0.3) is 0 Å². The van der Waals surface area contributed by atoms with Crippen molar-refractivity contribution in [1.82, 2.24) is 5.32 Å². The first-order valence-corrected chi connectivity index (χ1v) is 25.9. The lowest BCUT2D eigenvalue weighted by Crippen LogP contribution is -2.60. The summed E-state index contributed by atoms with van der Waals surface area (Å²) in [6.45, 7) is 3.80. The quantitative estimate of drug-likeness (QED) is 0.0262. The SMILES string of the molecule is CCCCCCCCCCCCCCCC/C=C/[C@@H](O)[C@H](CO[C@H]1O[C@@H](CO)[C@H](O)C(O)C1O)NC(=O)CCCCCCCCCCCCCCCCCCCCCCC. The van der Waals surface area contributed by atoms with Crippen LogP contribution >= 0.6 is 0 Å². The molecule has 0 aromatic heterocycles. The molecule has 9 nitrogen and oxygen atoms in total. The van der Waals surface area contributed by atoms with Gasteiger partial charge in [-0.25, -0.2) is 0 Å². The lowest BCUT2D eigenvalue weighted by Gasteiger charge is -2.40. The highest BCUT2D eigenvalue weighted by molar-refractivity contribution is 5.76. The van der Waals surface area contributed by atoms with Crippen molar-refractivity contribution in [3.63, 3.8) is 0 Å². The van der Waals surface area contributed by atoms with Crippen LogP contribution in [0.2, 0.25) is 0 Å². The van der Waals surface area contributed by atoms with Gasteiger partial charge in [0.05, 0.1) is 25.4 Å². The molecule has 2 unspecified atom stereocenters. The Morgan fingerprint density at radius 2 is 0.917 bits per heavy atom. The molecule has 0 aromatic rings. The smallest absolute Gasteiger partial charge is 0.220 e. The van der Waals surface area contributed by atoms with Crippen molar-refractivity contribution >= 4 is 5.91 Å². The zero-order valence-electron chi connectivity index (χ0n) is 39.2. The molecule has 1 amide bonds. The Balaban J connectivity index is 2.27. The maximum atomic E-state index is 13.0. The van der Waals surface area contributed by atoms with Crippen LogP contribution in [-0.4, -0.2) is 87.5 Å². The van der Waals surface area contributed by atoms with Crippen LogP contribution in [0.25, 0.3) is 0 Å². The summed E-state index contributed by atoms with van der Waals surface area (Å²) < 4.78 is 11.2. The van der Waals surface area contributed by atoms with E-state index in [1.807, 2.05) is 6.08 Å². The van der Waals surface area contributed by atoms with Crippen LogP contribution in [0.5, 0.6) is 0 Å². The molecule has 0 spiro atoms. The van der Waals surface area contributed by atoms with E-state index >= 15 is 0 Å². The van der Waals surface area contributed by atoms with Gasteiger partial charge in [-0.2, -0.15) is 0 Å². The summed E-state index contributed by atoms with van der Waals surface area (Å²) in [7, 11) is 0. The van der Waals surface area contributed by atoms with E-state index in [0.29, 0.717) is 6.42 Å². The number of rotatable bonds is 44. The maximum absolute atomic E-state index is 13.0. The number of unbranched alkanes of at least 4 members (excludes halogenated alkanes) is 34. The van der Waals surface area contributed by atoms with Crippen molar-refractivity contribution < 1.29 is 39.8 Å². The Morgan fingerprint density at radius 1 is 0.550 bits per heavy atom. The minimum absolute atomic E-state index is 0.172. The molecule has 0 saturated carbocycles. The summed E-state index contributed by atoms with van der Waals surface area (Å²) in [6, 6.07) is -0.799. The molecule has 0 aliphatic carbocycles. The van der Waals surface area contributed by atoms with Crippen LogP contribution in [0.4, 0.5) is 0 Å². The Morgan fingerprint density at radius 3 is 1.30 bits per heavy atom. The first-order valence-electron chi connectivity index (χ1n) is 25.9. The molecule has 1 saturated heterocycles. The van der Waals surface area contributed by atoms with Gasteiger partial charge in [-0.05, 0) is 19.3 Å². The summed E-state index contributed by atoms with van der Waals surface area (Å²) in [4.78, 5) is 13.0. The van der Waals surface area contributed by atoms with Crippen molar-refractivity contribution in [2.75, 3.05) is 13.2 Å². The van der Waals surface area contributed by atoms with E-state index in [1.165, 1.54) is 193 Å². The first-order chi connectivity index (χ1) is 29.3. The summed E-state index contributed by atoms with van der Waals surface area (Å²) in [5.41, 5.74) is 0. The third-order valence-corrected chi connectivity index (χ3v) is 12.6. The molecule has 0 aromatic carbocycles. The molecule has 1 heterocycles. The highest BCUT2D eigenvalue weighted by Gasteiger charge is 2.44. The second kappa shape index (κ2) is 41.9. The minimum atomic E-state index is -1.56. The third-order valence-electron chi connectivity index (χ3n) is 12.6. The van der Waals surface area contributed by atoms with E-state index in [2.05, 4.69) is 19.2 Å². The lowest BCUT2D eigenvalue weighted by atomic mass is 9.99. The van der Waals surface area contributed by atoms with Gasteiger partial charge in [-0.1, -0.05) is 238 Å². The fraction of sp³-hybridized carbons (Fsp3) is 0.941. The molecular formula is C51H99NO8. The number of carbonyl (C=O) groups excluding carboxylic acids is 1. The van der Waals surface area contributed by atoms with Crippen molar-refractivity contribution in [1.29, 1.82) is 0 Å². The average Bonchev–Trinajstić information content (AvgIpc) is 3.25. The fourth-order valence-electron chi connectivity index (χ4n) is 8.45. The maximum Gasteiger partial charge on any atom is 0.220 e. The van der Waals surface area contributed by atoms with E-state index in [0.717, 1.165) is 38.5 Å². The average molecular weight is 854 g/mol. The zero-order valence-corrected chi connectivity index (χ0v) is 39.2. The predicted octanol–water partition coefficient (Wildman–Crippen LogP) is 11.7. The minimum Gasteiger partial charge on any atom is -0.394 e. The molecule has 0 bridgehead atoms. The molecule has 6 N–H and O–H groups in total. The summed E-state index contributed by atoms with van der Waals surface area (Å²) in [5.74, 6) is -0.172. The van der Waals surface area contributed by atoms with E-state index in [9.17, 15) is 30.3 Å². The van der Waals surface area contributed by atoms with Gasteiger partial charge in [0.15, 0.2) is 6.29 Å². The van der Waals surface area contributed by atoms with E-state index in [-0.39, 0.29) is 12.5 Å². The molecule has 1 aliphatic heterocycles. The highest BCUT2D eigenvalue weighted by atomic mass is 16.7. The number of hydrogen-bond acceptors (Lipinski definition) is 8. The van der Waals surface area contributed by atoms with Gasteiger partial charge < -0.3 is 40.3 Å². The van der Waals surface area contributed by atoms with Crippen molar-refractivity contribution in [2.45, 2.75) is 294 Å². The first kappa shape index (κ1) is 56.9. The second-order valence-electron chi connectivity index (χ2n) is 18.3. The molecule has 7 atom stereocenters. The highest BCUT2D eigenvalue weighted by Crippen LogP contribution is 2.23. The topological polar surface area (TPSA) is 149 Å². The number of amides is 1. The number of hydrogen-bond donors (Lipinski definition) is 6. The molecule has 1 rings (SSSR count). The molecule has 60 heavy (non-hydrogen) atoms. The van der Waals surface area contributed by atoms with Crippen LogP contribution in [0.15, 0.2) is 12.2 Å². The third kappa shape index (κ3) is 31.7. The summed E-state index contributed by atoms with van der Waals surface area (Å²) in [6.07, 6.45) is 42.6. The molecule has 1 aliphatic rings.